The van der Waals surface area contributed by atoms with Crippen molar-refractivity contribution in [2.24, 2.45) is 0 Å². The maximum atomic E-state index is 3.59. The molecule has 1 atom stereocenters. The molecule has 2 aliphatic rings. The van der Waals surface area contributed by atoms with Crippen LogP contribution in [0.5, 0.6) is 0 Å². The lowest BCUT2D eigenvalue weighted by atomic mass is 9.81. The smallest absolute Gasteiger partial charge is 0.00955 e. The van der Waals surface area contributed by atoms with Gasteiger partial charge in [-0.1, -0.05) is 46.6 Å². The Bertz CT molecular complexity index is 427. The lowest BCUT2D eigenvalue weighted by Gasteiger charge is -2.40. The van der Waals surface area contributed by atoms with E-state index >= 15 is 0 Å². The quantitative estimate of drug-likeness (QED) is 0.678. The summed E-state index contributed by atoms with van der Waals surface area (Å²) < 4.78 is 0. The van der Waals surface area contributed by atoms with Crippen LogP contribution in [0, 0.1) is 0 Å². The Morgan fingerprint density at radius 3 is 2.70 bits per heavy atom. The van der Waals surface area contributed by atoms with Crippen molar-refractivity contribution in [2.45, 2.75) is 56.9 Å². The van der Waals surface area contributed by atoms with Crippen LogP contribution >= 0.6 is 15.9 Å². The molecule has 110 valence electrons. The number of hydrogen-bond acceptors (Lipinski definition) is 1. The Labute approximate surface area is 131 Å². The predicted molar refractivity (Wildman–Crippen MR) is 89.7 cm³/mol. The number of benzene rings is 1. The monoisotopic (exact) mass is 335 g/mol. The number of fused-ring (bicyclic) bond motifs is 1. The summed E-state index contributed by atoms with van der Waals surface area (Å²) >= 11 is 3.59. The Morgan fingerprint density at radius 1 is 1.10 bits per heavy atom. The topological polar surface area (TPSA) is 3.24 Å². The second-order valence-electron chi connectivity index (χ2n) is 6.41. The minimum atomic E-state index is 0.774. The van der Waals surface area contributed by atoms with E-state index in [1.54, 1.807) is 11.1 Å². The average molecular weight is 336 g/mol. The van der Waals surface area contributed by atoms with Crippen LogP contribution in [0.3, 0.4) is 0 Å². The molecule has 1 fully saturated rings. The molecule has 0 radical (unpaired) electrons. The highest BCUT2D eigenvalue weighted by Gasteiger charge is 2.28. The third kappa shape index (κ3) is 3.28. The van der Waals surface area contributed by atoms with E-state index in [4.69, 9.17) is 0 Å². The third-order valence-corrected chi connectivity index (χ3v) is 5.68. The van der Waals surface area contributed by atoms with Crippen molar-refractivity contribution in [1.29, 1.82) is 0 Å². The first kappa shape index (κ1) is 14.6. The van der Waals surface area contributed by atoms with Crippen LogP contribution in [-0.2, 0) is 6.42 Å². The van der Waals surface area contributed by atoms with Crippen LogP contribution in [0.15, 0.2) is 24.3 Å². The van der Waals surface area contributed by atoms with E-state index in [9.17, 15) is 0 Å². The molecule has 1 saturated carbocycles. The first-order valence-corrected chi connectivity index (χ1v) is 9.38. The van der Waals surface area contributed by atoms with Gasteiger partial charge in [-0.25, -0.2) is 0 Å². The van der Waals surface area contributed by atoms with Gasteiger partial charge in [0.15, 0.2) is 0 Å². The van der Waals surface area contributed by atoms with Gasteiger partial charge in [-0.3, -0.25) is 4.90 Å². The van der Waals surface area contributed by atoms with Crippen molar-refractivity contribution in [3.63, 3.8) is 0 Å². The second-order valence-corrected chi connectivity index (χ2v) is 7.20. The van der Waals surface area contributed by atoms with Crippen molar-refractivity contribution in [2.75, 3.05) is 18.4 Å². The van der Waals surface area contributed by atoms with Gasteiger partial charge in [-0.2, -0.15) is 0 Å². The first-order valence-electron chi connectivity index (χ1n) is 8.26. The van der Waals surface area contributed by atoms with Crippen LogP contribution in [0.2, 0.25) is 0 Å². The van der Waals surface area contributed by atoms with Crippen molar-refractivity contribution >= 4 is 15.9 Å². The molecular formula is C18H26BrN. The molecule has 0 N–H and O–H groups in total. The average Bonchev–Trinajstić information content (AvgIpc) is 2.43. The van der Waals surface area contributed by atoms with E-state index in [2.05, 4.69) is 45.1 Å². The maximum Gasteiger partial charge on any atom is 0.00955 e. The van der Waals surface area contributed by atoms with E-state index in [0.29, 0.717) is 0 Å². The summed E-state index contributed by atoms with van der Waals surface area (Å²) in [7, 11) is 0. The van der Waals surface area contributed by atoms with Crippen molar-refractivity contribution < 1.29 is 0 Å². The zero-order valence-electron chi connectivity index (χ0n) is 12.4. The standard InChI is InChI=1S/C18H26BrN/c19-12-5-13-20(17-9-4-10-17)14-16-8-3-7-15-6-1-2-11-18(15)16/h1-2,6,11,16-17H,3-5,7-10,12-14H2. The molecule has 0 aromatic heterocycles. The molecule has 3 rings (SSSR count). The minimum absolute atomic E-state index is 0.774. The largest absolute Gasteiger partial charge is 0.300 e. The van der Waals surface area contributed by atoms with Gasteiger partial charge in [0.2, 0.25) is 0 Å². The van der Waals surface area contributed by atoms with Crippen LogP contribution in [0.4, 0.5) is 0 Å². The highest BCUT2D eigenvalue weighted by molar-refractivity contribution is 9.09. The number of aryl methyl sites for hydroxylation is 1. The fourth-order valence-corrected chi connectivity index (χ4v) is 4.02. The molecule has 2 aliphatic carbocycles. The summed E-state index contributed by atoms with van der Waals surface area (Å²) in [6, 6.07) is 10.0. The van der Waals surface area contributed by atoms with Crippen LogP contribution < -0.4 is 0 Å². The van der Waals surface area contributed by atoms with E-state index in [1.165, 1.54) is 58.0 Å². The number of nitrogens with zero attached hydrogens (tertiary/aromatic N) is 1. The summed E-state index contributed by atoms with van der Waals surface area (Å²) in [5.74, 6) is 0.774. The fraction of sp³-hybridized carbons (Fsp3) is 0.667. The van der Waals surface area contributed by atoms with Crippen molar-refractivity contribution in [3.8, 4) is 0 Å². The molecule has 20 heavy (non-hydrogen) atoms. The van der Waals surface area contributed by atoms with Crippen LogP contribution in [0.1, 0.15) is 55.6 Å². The number of rotatable bonds is 6. The lowest BCUT2D eigenvalue weighted by Crippen LogP contribution is -2.43. The zero-order chi connectivity index (χ0) is 13.8. The van der Waals surface area contributed by atoms with Gasteiger partial charge in [0.25, 0.3) is 0 Å². The minimum Gasteiger partial charge on any atom is -0.300 e. The molecule has 1 aromatic carbocycles. The number of halogens is 1. The molecule has 0 saturated heterocycles. The van der Waals surface area contributed by atoms with Crippen molar-refractivity contribution in [3.05, 3.63) is 35.4 Å². The summed E-state index contributed by atoms with van der Waals surface area (Å²) in [5, 5.41) is 1.14. The van der Waals surface area contributed by atoms with Gasteiger partial charge in [-0.15, -0.1) is 0 Å². The van der Waals surface area contributed by atoms with E-state index in [-0.39, 0.29) is 0 Å². The molecule has 1 unspecified atom stereocenters. The maximum absolute atomic E-state index is 3.59. The molecule has 2 heteroatoms. The summed E-state index contributed by atoms with van der Waals surface area (Å²) in [5.41, 5.74) is 3.25. The first-order chi connectivity index (χ1) is 9.88. The SMILES string of the molecule is BrCCCN(CC1CCCc2ccccc21)C1CCC1. The van der Waals surface area contributed by atoms with Gasteiger partial charge in [0.1, 0.15) is 0 Å². The van der Waals surface area contributed by atoms with Crippen molar-refractivity contribution in [1.82, 2.24) is 4.90 Å². The Balaban J connectivity index is 1.68. The van der Waals surface area contributed by atoms with Gasteiger partial charge >= 0.3 is 0 Å². The van der Waals surface area contributed by atoms with E-state index in [1.807, 2.05) is 0 Å². The summed E-state index contributed by atoms with van der Waals surface area (Å²) in [6.07, 6.45) is 9.62. The molecule has 0 aliphatic heterocycles. The van der Waals surface area contributed by atoms with Gasteiger partial charge in [0.05, 0.1) is 0 Å². The highest BCUT2D eigenvalue weighted by Crippen LogP contribution is 2.34. The summed E-state index contributed by atoms with van der Waals surface area (Å²) in [6.45, 7) is 2.56. The normalized spacial score (nSPS) is 22.6. The lowest BCUT2D eigenvalue weighted by molar-refractivity contribution is 0.117. The Morgan fingerprint density at radius 2 is 1.95 bits per heavy atom. The molecule has 0 heterocycles. The molecular weight excluding hydrogens is 310 g/mol. The second kappa shape index (κ2) is 7.09. The Kier molecular flexibility index (Phi) is 5.17. The fourth-order valence-electron chi connectivity index (χ4n) is 3.76. The predicted octanol–water partition coefficient (Wildman–Crippen LogP) is 4.75. The van der Waals surface area contributed by atoms with E-state index < -0.39 is 0 Å². The molecule has 0 amide bonds. The van der Waals surface area contributed by atoms with Gasteiger partial charge in [-0.05, 0) is 62.1 Å². The molecule has 0 bridgehead atoms. The Hall–Kier alpha value is -0.340. The van der Waals surface area contributed by atoms with E-state index in [0.717, 1.165) is 17.3 Å². The van der Waals surface area contributed by atoms with Crippen LogP contribution in [0.25, 0.3) is 0 Å². The highest BCUT2D eigenvalue weighted by atomic mass is 79.9. The number of alkyl halides is 1. The van der Waals surface area contributed by atoms with Crippen LogP contribution in [-0.4, -0.2) is 29.4 Å². The molecule has 1 nitrogen and oxygen atoms in total. The van der Waals surface area contributed by atoms with Gasteiger partial charge in [0, 0.05) is 17.9 Å². The zero-order valence-corrected chi connectivity index (χ0v) is 13.9. The molecule has 0 spiro atoms. The van der Waals surface area contributed by atoms with Gasteiger partial charge < -0.3 is 0 Å². The molecule has 1 aromatic rings. The summed E-state index contributed by atoms with van der Waals surface area (Å²) in [4.78, 5) is 2.79. The number of hydrogen-bond donors (Lipinski definition) is 0. The third-order valence-electron chi connectivity index (χ3n) is 5.12.